The third-order valence-corrected chi connectivity index (χ3v) is 2.92. The predicted molar refractivity (Wildman–Crippen MR) is 83.1 cm³/mol. The van der Waals surface area contributed by atoms with E-state index >= 15 is 0 Å². The highest BCUT2D eigenvalue weighted by Gasteiger charge is 2.09. The Hall–Kier alpha value is -1.58. The minimum atomic E-state index is -0.491. The molecule has 0 saturated heterocycles. The number of benzene rings is 1. The van der Waals surface area contributed by atoms with Gasteiger partial charge in [0.1, 0.15) is 5.75 Å². The maximum absolute atomic E-state index is 9.73. The van der Waals surface area contributed by atoms with E-state index in [0.717, 1.165) is 16.9 Å². The van der Waals surface area contributed by atoms with Gasteiger partial charge in [0.25, 0.3) is 0 Å². The summed E-state index contributed by atoms with van der Waals surface area (Å²) < 4.78 is 10.2. The first-order chi connectivity index (χ1) is 10.1. The minimum Gasteiger partial charge on any atom is -0.495 e. The molecule has 0 aliphatic heterocycles. The molecule has 0 aromatic heterocycles. The summed E-state index contributed by atoms with van der Waals surface area (Å²) in [5.74, 6) is 6.58. The molecule has 0 aliphatic carbocycles. The molecule has 0 radical (unpaired) electrons. The lowest BCUT2D eigenvalue weighted by Crippen LogP contribution is -2.31. The Bertz CT molecular complexity index is 494. The number of likely N-dealkylation sites (N-methyl/N-ethyl adjacent to an activating group) is 1. The van der Waals surface area contributed by atoms with Gasteiger partial charge in [0, 0.05) is 20.2 Å². The van der Waals surface area contributed by atoms with Gasteiger partial charge in [-0.25, -0.2) is 0 Å². The highest BCUT2D eigenvalue weighted by atomic mass is 16.5. The van der Waals surface area contributed by atoms with E-state index in [4.69, 9.17) is 15.2 Å². The van der Waals surface area contributed by atoms with Crippen molar-refractivity contribution in [1.29, 1.82) is 0 Å². The third kappa shape index (κ3) is 6.15. The SMILES string of the molecule is COCC(O)CN(C)Cc1ccc(OC)c(C#CCN)c1. The van der Waals surface area contributed by atoms with Gasteiger partial charge in [-0.2, -0.15) is 0 Å². The molecule has 0 bridgehead atoms. The van der Waals surface area contributed by atoms with E-state index in [1.807, 2.05) is 30.1 Å². The monoisotopic (exact) mass is 292 g/mol. The summed E-state index contributed by atoms with van der Waals surface area (Å²) in [4.78, 5) is 2.03. The quantitative estimate of drug-likeness (QED) is 0.714. The van der Waals surface area contributed by atoms with E-state index in [1.165, 1.54) is 0 Å². The van der Waals surface area contributed by atoms with Crippen molar-refractivity contribution in [3.05, 3.63) is 29.3 Å². The second-order valence-electron chi connectivity index (χ2n) is 4.85. The average molecular weight is 292 g/mol. The zero-order valence-electron chi connectivity index (χ0n) is 12.9. The van der Waals surface area contributed by atoms with Crippen LogP contribution < -0.4 is 10.5 Å². The molecule has 3 N–H and O–H groups in total. The fourth-order valence-corrected chi connectivity index (χ4v) is 2.08. The highest BCUT2D eigenvalue weighted by Crippen LogP contribution is 2.19. The standard InChI is InChI=1S/C16H24N2O3/c1-18(11-15(19)12-20-2)10-13-6-7-16(21-3)14(9-13)5-4-8-17/h6-7,9,15,19H,8,10-12,17H2,1-3H3. The molecule has 0 heterocycles. The number of nitrogens with zero attached hydrogens (tertiary/aromatic N) is 1. The molecule has 1 atom stereocenters. The number of hydrogen-bond donors (Lipinski definition) is 2. The van der Waals surface area contributed by atoms with Gasteiger partial charge in [-0.05, 0) is 24.7 Å². The smallest absolute Gasteiger partial charge is 0.134 e. The summed E-state index contributed by atoms with van der Waals surface area (Å²) in [6.07, 6.45) is -0.491. The van der Waals surface area contributed by atoms with Crippen molar-refractivity contribution in [2.45, 2.75) is 12.6 Å². The van der Waals surface area contributed by atoms with E-state index in [1.54, 1.807) is 14.2 Å². The second-order valence-corrected chi connectivity index (χ2v) is 4.85. The van der Waals surface area contributed by atoms with Crippen LogP contribution in [0.3, 0.4) is 0 Å². The Kier molecular flexibility index (Phi) is 7.80. The number of ether oxygens (including phenoxy) is 2. The Morgan fingerprint density at radius 2 is 2.14 bits per heavy atom. The lowest BCUT2D eigenvalue weighted by Gasteiger charge is -2.20. The van der Waals surface area contributed by atoms with Crippen molar-refractivity contribution < 1.29 is 14.6 Å². The van der Waals surface area contributed by atoms with Crippen LogP contribution in [-0.2, 0) is 11.3 Å². The van der Waals surface area contributed by atoms with Crippen LogP contribution in [0.1, 0.15) is 11.1 Å². The number of rotatable bonds is 7. The molecule has 0 fully saturated rings. The van der Waals surface area contributed by atoms with Crippen LogP contribution in [0.15, 0.2) is 18.2 Å². The van der Waals surface area contributed by atoms with E-state index in [2.05, 4.69) is 11.8 Å². The fourth-order valence-electron chi connectivity index (χ4n) is 2.08. The molecule has 1 aromatic rings. The molecule has 0 spiro atoms. The largest absolute Gasteiger partial charge is 0.495 e. The highest BCUT2D eigenvalue weighted by molar-refractivity contribution is 5.48. The summed E-state index contributed by atoms with van der Waals surface area (Å²) in [6, 6.07) is 5.88. The Balaban J connectivity index is 2.75. The predicted octanol–water partition coefficient (Wildman–Crippen LogP) is 0.445. The molecule has 21 heavy (non-hydrogen) atoms. The van der Waals surface area contributed by atoms with Crippen LogP contribution >= 0.6 is 0 Å². The third-order valence-electron chi connectivity index (χ3n) is 2.92. The molecule has 1 unspecified atom stereocenters. The van der Waals surface area contributed by atoms with E-state index < -0.39 is 6.10 Å². The van der Waals surface area contributed by atoms with Gasteiger partial charge in [-0.15, -0.1) is 0 Å². The van der Waals surface area contributed by atoms with Gasteiger partial charge in [0.05, 0.1) is 31.9 Å². The zero-order valence-corrected chi connectivity index (χ0v) is 12.9. The molecular formula is C16H24N2O3. The fraction of sp³-hybridized carbons (Fsp3) is 0.500. The van der Waals surface area contributed by atoms with Crippen molar-refractivity contribution in [3.8, 4) is 17.6 Å². The molecular weight excluding hydrogens is 268 g/mol. The van der Waals surface area contributed by atoms with Crippen molar-refractivity contribution in [1.82, 2.24) is 4.90 Å². The molecule has 5 nitrogen and oxygen atoms in total. The van der Waals surface area contributed by atoms with Crippen molar-refractivity contribution in [2.24, 2.45) is 5.73 Å². The summed E-state index contributed by atoms with van der Waals surface area (Å²) in [5, 5.41) is 9.73. The number of aliphatic hydroxyl groups excluding tert-OH is 1. The van der Waals surface area contributed by atoms with Crippen LogP contribution in [-0.4, -0.2) is 57.1 Å². The van der Waals surface area contributed by atoms with E-state index in [-0.39, 0.29) is 0 Å². The lowest BCUT2D eigenvalue weighted by molar-refractivity contribution is 0.0419. The van der Waals surface area contributed by atoms with Crippen LogP contribution in [0.5, 0.6) is 5.75 Å². The maximum atomic E-state index is 9.73. The van der Waals surface area contributed by atoms with Gasteiger partial charge in [0.2, 0.25) is 0 Å². The number of methoxy groups -OCH3 is 2. The molecule has 0 saturated carbocycles. The summed E-state index contributed by atoms with van der Waals surface area (Å²) in [7, 11) is 5.15. The number of nitrogens with two attached hydrogens (primary N) is 1. The number of hydrogen-bond acceptors (Lipinski definition) is 5. The van der Waals surface area contributed by atoms with Crippen LogP contribution in [0, 0.1) is 11.8 Å². The molecule has 0 amide bonds. The Labute approximate surface area is 126 Å². The first-order valence-electron chi connectivity index (χ1n) is 6.82. The minimum absolute atomic E-state index is 0.316. The Morgan fingerprint density at radius 3 is 2.76 bits per heavy atom. The summed E-state index contributed by atoms with van der Waals surface area (Å²) >= 11 is 0. The van der Waals surface area contributed by atoms with Gasteiger partial charge in [-0.1, -0.05) is 17.9 Å². The summed E-state index contributed by atoms with van der Waals surface area (Å²) in [5.41, 5.74) is 7.33. The zero-order chi connectivity index (χ0) is 15.7. The Morgan fingerprint density at radius 1 is 1.38 bits per heavy atom. The second kappa shape index (κ2) is 9.37. The van der Waals surface area contributed by atoms with Gasteiger partial charge in [0.15, 0.2) is 0 Å². The molecule has 116 valence electrons. The molecule has 1 aromatic carbocycles. The van der Waals surface area contributed by atoms with E-state index in [9.17, 15) is 5.11 Å². The first kappa shape index (κ1) is 17.5. The number of aliphatic hydroxyl groups is 1. The maximum Gasteiger partial charge on any atom is 0.134 e. The van der Waals surface area contributed by atoms with Crippen LogP contribution in [0.4, 0.5) is 0 Å². The van der Waals surface area contributed by atoms with E-state index in [0.29, 0.717) is 26.2 Å². The topological polar surface area (TPSA) is 68.0 Å². The molecule has 5 heteroatoms. The van der Waals surface area contributed by atoms with Crippen LogP contribution in [0.2, 0.25) is 0 Å². The van der Waals surface area contributed by atoms with Crippen molar-refractivity contribution in [2.75, 3.05) is 41.0 Å². The van der Waals surface area contributed by atoms with Gasteiger partial charge in [-0.3, -0.25) is 4.90 Å². The van der Waals surface area contributed by atoms with Gasteiger partial charge >= 0.3 is 0 Å². The first-order valence-corrected chi connectivity index (χ1v) is 6.82. The normalized spacial score (nSPS) is 11.9. The summed E-state index contributed by atoms with van der Waals surface area (Å²) in [6.45, 7) is 1.91. The molecule has 0 aliphatic rings. The van der Waals surface area contributed by atoms with Crippen LogP contribution in [0.25, 0.3) is 0 Å². The van der Waals surface area contributed by atoms with Gasteiger partial charge < -0.3 is 20.3 Å². The lowest BCUT2D eigenvalue weighted by atomic mass is 10.1. The molecule has 1 rings (SSSR count). The van der Waals surface area contributed by atoms with Crippen molar-refractivity contribution >= 4 is 0 Å². The van der Waals surface area contributed by atoms with Crippen molar-refractivity contribution in [3.63, 3.8) is 0 Å². The average Bonchev–Trinajstić information content (AvgIpc) is 2.45.